The van der Waals surface area contributed by atoms with E-state index in [4.69, 9.17) is 0 Å². The molecule has 2 aromatic heterocycles. The van der Waals surface area contributed by atoms with E-state index in [2.05, 4.69) is 71.6 Å². The average molecular weight is 457 g/mol. The highest BCUT2D eigenvalue weighted by atomic mass is 32.2. The lowest BCUT2D eigenvalue weighted by Gasteiger charge is -2.19. The van der Waals surface area contributed by atoms with Crippen molar-refractivity contribution in [2.75, 3.05) is 11.1 Å². The molecule has 0 unspecified atom stereocenters. The number of carbonyl (C=O) groups excluding carboxylic acids is 1. The molecule has 0 aliphatic heterocycles. The largest absolute Gasteiger partial charge is 0.326 e. The maximum Gasteiger partial charge on any atom is 0.225 e. The Kier molecular flexibility index (Phi) is 6.94. The zero-order valence-electron chi connectivity index (χ0n) is 19.1. The lowest BCUT2D eigenvalue weighted by Crippen LogP contribution is -2.13. The summed E-state index contributed by atoms with van der Waals surface area (Å²) in [5.41, 5.74) is 4.94. The van der Waals surface area contributed by atoms with Crippen LogP contribution in [0.4, 0.5) is 5.69 Å². The van der Waals surface area contributed by atoms with Crippen molar-refractivity contribution >= 4 is 46.4 Å². The Balaban J connectivity index is 1.30. The van der Waals surface area contributed by atoms with Crippen LogP contribution in [0.1, 0.15) is 44.1 Å². The summed E-state index contributed by atoms with van der Waals surface area (Å²) < 4.78 is 0. The Morgan fingerprint density at radius 2 is 1.88 bits per heavy atom. The molecule has 0 fully saturated rings. The van der Waals surface area contributed by atoms with Gasteiger partial charge in [-0.3, -0.25) is 14.9 Å². The van der Waals surface area contributed by atoms with Gasteiger partial charge in [0.1, 0.15) is 0 Å². The summed E-state index contributed by atoms with van der Waals surface area (Å²) in [6.45, 7) is 6.54. The van der Waals surface area contributed by atoms with Crippen molar-refractivity contribution in [2.45, 2.75) is 37.5 Å². The average Bonchev–Trinajstić information content (AvgIpc) is 3.20. The molecular weight excluding hydrogens is 428 g/mol. The number of benzene rings is 2. The molecule has 0 aliphatic carbocycles. The number of pyridine rings is 1. The summed E-state index contributed by atoms with van der Waals surface area (Å²) in [4.78, 5) is 17.7. The second-order valence-electron chi connectivity index (χ2n) is 8.88. The Labute approximate surface area is 198 Å². The fourth-order valence-electron chi connectivity index (χ4n) is 3.41. The van der Waals surface area contributed by atoms with Crippen LogP contribution in [-0.2, 0) is 10.2 Å². The normalized spacial score (nSPS) is 11.8. The number of carbonyl (C=O) groups is 1. The van der Waals surface area contributed by atoms with E-state index < -0.39 is 0 Å². The third-order valence-electron chi connectivity index (χ3n) is 5.30. The molecule has 2 heterocycles. The molecule has 0 bridgehead atoms. The lowest BCUT2D eigenvalue weighted by molar-refractivity contribution is -0.115. The first-order chi connectivity index (χ1) is 15.9. The lowest BCUT2D eigenvalue weighted by atomic mass is 9.87. The molecule has 0 spiro atoms. The minimum Gasteiger partial charge on any atom is -0.326 e. The monoisotopic (exact) mass is 456 g/mol. The van der Waals surface area contributed by atoms with E-state index >= 15 is 0 Å². The molecule has 0 saturated carbocycles. The van der Waals surface area contributed by atoms with Gasteiger partial charge in [0, 0.05) is 34.3 Å². The molecule has 2 aromatic carbocycles. The van der Waals surface area contributed by atoms with Crippen molar-refractivity contribution in [1.29, 1.82) is 0 Å². The first-order valence-electron chi connectivity index (χ1n) is 11.0. The van der Waals surface area contributed by atoms with E-state index in [1.807, 2.05) is 42.5 Å². The molecular formula is C27H28N4OS. The van der Waals surface area contributed by atoms with Crippen LogP contribution in [0, 0.1) is 0 Å². The van der Waals surface area contributed by atoms with E-state index in [0.29, 0.717) is 12.2 Å². The number of H-pyrrole nitrogens is 1. The fraction of sp³-hybridized carbons (Fsp3) is 0.222. The Hall–Kier alpha value is -3.38. The zero-order valence-corrected chi connectivity index (χ0v) is 19.9. The molecule has 4 aromatic rings. The Morgan fingerprint density at radius 1 is 1.06 bits per heavy atom. The highest BCUT2D eigenvalue weighted by Crippen LogP contribution is 2.26. The van der Waals surface area contributed by atoms with Crippen LogP contribution in [0.25, 0.3) is 23.1 Å². The molecule has 1 amide bonds. The van der Waals surface area contributed by atoms with Gasteiger partial charge in [-0.2, -0.15) is 5.10 Å². The number of rotatable bonds is 7. The molecule has 6 heteroatoms. The van der Waals surface area contributed by atoms with Crippen molar-refractivity contribution in [3.05, 3.63) is 83.8 Å². The zero-order chi connectivity index (χ0) is 23.3. The van der Waals surface area contributed by atoms with E-state index in [0.717, 1.165) is 32.9 Å². The Morgan fingerprint density at radius 3 is 2.61 bits per heavy atom. The second kappa shape index (κ2) is 10.0. The minimum absolute atomic E-state index is 0.0237. The quantitative estimate of drug-likeness (QED) is 0.310. The van der Waals surface area contributed by atoms with Crippen molar-refractivity contribution in [1.82, 2.24) is 15.2 Å². The van der Waals surface area contributed by atoms with Gasteiger partial charge in [-0.15, -0.1) is 11.8 Å². The predicted molar refractivity (Wildman–Crippen MR) is 138 cm³/mol. The van der Waals surface area contributed by atoms with Gasteiger partial charge in [-0.25, -0.2) is 0 Å². The van der Waals surface area contributed by atoms with E-state index in [1.165, 1.54) is 5.56 Å². The van der Waals surface area contributed by atoms with Gasteiger partial charge in [-0.05, 0) is 65.6 Å². The Bertz CT molecular complexity index is 1260. The van der Waals surface area contributed by atoms with E-state index in [-0.39, 0.29) is 11.3 Å². The topological polar surface area (TPSA) is 70.7 Å². The SMILES string of the molecule is CC(C)(C)c1ccc(NC(=O)CCSc2ccc3c(C=Cc4ccccn4)n[nH]c3c2)cc1. The summed E-state index contributed by atoms with van der Waals surface area (Å²) in [6, 6.07) is 20.1. The fourth-order valence-corrected chi connectivity index (χ4v) is 4.30. The van der Waals surface area contributed by atoms with Gasteiger partial charge < -0.3 is 5.32 Å². The van der Waals surface area contributed by atoms with Crippen molar-refractivity contribution < 1.29 is 4.79 Å². The summed E-state index contributed by atoms with van der Waals surface area (Å²) in [6.07, 6.45) is 6.14. The number of hydrogen-bond acceptors (Lipinski definition) is 4. The van der Waals surface area contributed by atoms with E-state index in [9.17, 15) is 4.79 Å². The third-order valence-corrected chi connectivity index (χ3v) is 6.29. The van der Waals surface area contributed by atoms with Crippen LogP contribution < -0.4 is 5.32 Å². The number of anilines is 1. The number of thioether (sulfide) groups is 1. The molecule has 168 valence electrons. The number of aromatic amines is 1. The van der Waals surface area contributed by atoms with Gasteiger partial charge in [0.05, 0.1) is 16.9 Å². The van der Waals surface area contributed by atoms with Gasteiger partial charge in [0.25, 0.3) is 0 Å². The molecule has 4 rings (SSSR count). The molecule has 0 atom stereocenters. The number of nitrogens with zero attached hydrogens (tertiary/aromatic N) is 2. The van der Waals surface area contributed by atoms with Gasteiger partial charge in [-0.1, -0.05) is 39.0 Å². The summed E-state index contributed by atoms with van der Waals surface area (Å²) in [5, 5.41) is 11.6. The van der Waals surface area contributed by atoms with Gasteiger partial charge in [0.2, 0.25) is 5.91 Å². The molecule has 0 saturated heterocycles. The first kappa shape index (κ1) is 22.8. The van der Waals surface area contributed by atoms with Gasteiger partial charge >= 0.3 is 0 Å². The smallest absolute Gasteiger partial charge is 0.225 e. The predicted octanol–water partition coefficient (Wildman–Crippen LogP) is 6.55. The van der Waals surface area contributed by atoms with E-state index in [1.54, 1.807) is 18.0 Å². The number of fused-ring (bicyclic) bond motifs is 1. The highest BCUT2D eigenvalue weighted by Gasteiger charge is 2.13. The molecule has 0 aliphatic rings. The standard InChI is InChI=1S/C27H28N4OS/c1-27(2,3)19-7-9-21(10-8-19)29-26(32)15-17-33-22-12-13-23-24(30-31-25(23)18-22)14-11-20-6-4-5-16-28-20/h4-14,16,18H,15,17H2,1-3H3,(H,29,32)(H,30,31). The van der Waals surface area contributed by atoms with Crippen LogP contribution in [0.5, 0.6) is 0 Å². The highest BCUT2D eigenvalue weighted by molar-refractivity contribution is 7.99. The number of aromatic nitrogens is 3. The first-order valence-corrected chi connectivity index (χ1v) is 12.0. The second-order valence-corrected chi connectivity index (χ2v) is 10.0. The van der Waals surface area contributed by atoms with Crippen molar-refractivity contribution in [3.8, 4) is 0 Å². The van der Waals surface area contributed by atoms with Crippen LogP contribution in [-0.4, -0.2) is 26.8 Å². The van der Waals surface area contributed by atoms with Crippen LogP contribution >= 0.6 is 11.8 Å². The van der Waals surface area contributed by atoms with Crippen molar-refractivity contribution in [3.63, 3.8) is 0 Å². The number of hydrogen-bond donors (Lipinski definition) is 2. The number of amides is 1. The molecule has 33 heavy (non-hydrogen) atoms. The molecule has 0 radical (unpaired) electrons. The molecule has 5 nitrogen and oxygen atoms in total. The maximum absolute atomic E-state index is 12.3. The summed E-state index contributed by atoms with van der Waals surface area (Å²) in [5.74, 6) is 0.730. The van der Waals surface area contributed by atoms with Gasteiger partial charge in [0.15, 0.2) is 0 Å². The third kappa shape index (κ3) is 6.11. The summed E-state index contributed by atoms with van der Waals surface area (Å²) in [7, 11) is 0. The van der Waals surface area contributed by atoms with Crippen LogP contribution in [0.15, 0.2) is 71.8 Å². The maximum atomic E-state index is 12.3. The van der Waals surface area contributed by atoms with Crippen LogP contribution in [0.3, 0.4) is 0 Å². The summed E-state index contributed by atoms with van der Waals surface area (Å²) >= 11 is 1.66. The minimum atomic E-state index is 0.0237. The molecule has 2 N–H and O–H groups in total. The van der Waals surface area contributed by atoms with Crippen LogP contribution in [0.2, 0.25) is 0 Å². The number of nitrogens with one attached hydrogen (secondary N) is 2. The van der Waals surface area contributed by atoms with Crippen molar-refractivity contribution in [2.24, 2.45) is 0 Å².